The van der Waals surface area contributed by atoms with Gasteiger partial charge in [-0.3, -0.25) is 4.79 Å². The Morgan fingerprint density at radius 3 is 2.81 bits per heavy atom. The number of amides is 1. The van der Waals surface area contributed by atoms with Crippen LogP contribution in [-0.2, 0) is 6.54 Å². The Labute approximate surface area is 103 Å². The summed E-state index contributed by atoms with van der Waals surface area (Å²) in [5.74, 6) is -0.0684. The molecule has 0 aliphatic rings. The molecule has 1 N–H and O–H groups in total. The summed E-state index contributed by atoms with van der Waals surface area (Å²) in [6, 6.07) is 9.28. The molecule has 1 aromatic heterocycles. The van der Waals surface area contributed by atoms with Gasteiger partial charge in [-0.1, -0.05) is 29.8 Å². The van der Waals surface area contributed by atoms with Gasteiger partial charge in [0, 0.05) is 22.5 Å². The number of hydrogen-bond acceptors (Lipinski definition) is 2. The maximum absolute atomic E-state index is 11.6. The molecule has 1 aromatic carbocycles. The van der Waals surface area contributed by atoms with Gasteiger partial charge in [-0.05, 0) is 23.1 Å². The van der Waals surface area contributed by atoms with Crippen LogP contribution in [0.25, 0.3) is 0 Å². The molecule has 16 heavy (non-hydrogen) atoms. The Bertz CT molecular complexity index is 482. The average molecular weight is 252 g/mol. The molecule has 0 radical (unpaired) electrons. The van der Waals surface area contributed by atoms with Crippen molar-refractivity contribution in [3.8, 4) is 0 Å². The van der Waals surface area contributed by atoms with Crippen molar-refractivity contribution < 1.29 is 4.79 Å². The number of carbonyl (C=O) groups is 1. The Morgan fingerprint density at radius 2 is 2.12 bits per heavy atom. The summed E-state index contributed by atoms with van der Waals surface area (Å²) in [5.41, 5.74) is 1.62. The summed E-state index contributed by atoms with van der Waals surface area (Å²) in [6.45, 7) is 0.453. The van der Waals surface area contributed by atoms with Crippen molar-refractivity contribution in [3.63, 3.8) is 0 Å². The Hall–Kier alpha value is -1.32. The summed E-state index contributed by atoms with van der Waals surface area (Å²) in [4.78, 5) is 11.6. The van der Waals surface area contributed by atoms with Crippen molar-refractivity contribution in [1.82, 2.24) is 5.32 Å². The SMILES string of the molecule is O=C(NCc1ccccc1Cl)c1ccsc1. The Balaban J connectivity index is 1.98. The van der Waals surface area contributed by atoms with Gasteiger partial charge in [0.1, 0.15) is 0 Å². The third-order valence-corrected chi connectivity index (χ3v) is 3.23. The molecule has 4 heteroatoms. The summed E-state index contributed by atoms with van der Waals surface area (Å²) in [5, 5.41) is 7.20. The minimum absolute atomic E-state index is 0.0684. The van der Waals surface area contributed by atoms with E-state index in [4.69, 9.17) is 11.6 Å². The van der Waals surface area contributed by atoms with Gasteiger partial charge in [0.05, 0.1) is 0 Å². The van der Waals surface area contributed by atoms with Gasteiger partial charge in [-0.25, -0.2) is 0 Å². The number of carbonyl (C=O) groups excluding carboxylic acids is 1. The van der Waals surface area contributed by atoms with Crippen LogP contribution in [0, 0.1) is 0 Å². The molecule has 1 amide bonds. The first-order valence-corrected chi connectivity index (χ1v) is 6.13. The van der Waals surface area contributed by atoms with Crippen LogP contribution >= 0.6 is 22.9 Å². The molecule has 0 aliphatic heterocycles. The van der Waals surface area contributed by atoms with Crippen molar-refractivity contribution in [1.29, 1.82) is 0 Å². The van der Waals surface area contributed by atoms with Gasteiger partial charge in [-0.15, -0.1) is 0 Å². The monoisotopic (exact) mass is 251 g/mol. The van der Waals surface area contributed by atoms with Crippen LogP contribution in [0.2, 0.25) is 5.02 Å². The summed E-state index contributed by atoms with van der Waals surface area (Å²) >= 11 is 7.49. The lowest BCUT2D eigenvalue weighted by atomic mass is 10.2. The van der Waals surface area contributed by atoms with E-state index in [0.29, 0.717) is 17.1 Å². The van der Waals surface area contributed by atoms with Crippen molar-refractivity contribution in [3.05, 3.63) is 57.2 Å². The lowest BCUT2D eigenvalue weighted by molar-refractivity contribution is 0.0951. The fourth-order valence-electron chi connectivity index (χ4n) is 1.31. The minimum Gasteiger partial charge on any atom is -0.348 e. The van der Waals surface area contributed by atoms with Crippen LogP contribution in [0.15, 0.2) is 41.1 Å². The topological polar surface area (TPSA) is 29.1 Å². The van der Waals surface area contributed by atoms with E-state index >= 15 is 0 Å². The largest absolute Gasteiger partial charge is 0.348 e. The Kier molecular flexibility index (Phi) is 3.59. The normalized spacial score (nSPS) is 10.1. The fraction of sp³-hybridized carbons (Fsp3) is 0.0833. The number of hydrogen-bond donors (Lipinski definition) is 1. The number of benzene rings is 1. The van der Waals surface area contributed by atoms with Gasteiger partial charge in [0.25, 0.3) is 5.91 Å². The summed E-state index contributed by atoms with van der Waals surface area (Å²) in [6.07, 6.45) is 0. The van der Waals surface area contributed by atoms with E-state index in [1.807, 2.05) is 35.0 Å². The maximum atomic E-state index is 11.6. The van der Waals surface area contributed by atoms with Crippen LogP contribution in [-0.4, -0.2) is 5.91 Å². The van der Waals surface area contributed by atoms with Gasteiger partial charge < -0.3 is 5.32 Å². The van der Waals surface area contributed by atoms with Crippen molar-refractivity contribution in [2.75, 3.05) is 0 Å². The van der Waals surface area contributed by atoms with E-state index in [9.17, 15) is 4.79 Å². The second kappa shape index (κ2) is 5.14. The quantitative estimate of drug-likeness (QED) is 0.891. The molecule has 0 fully saturated rings. The van der Waals surface area contributed by atoms with E-state index in [2.05, 4.69) is 5.32 Å². The summed E-state index contributed by atoms with van der Waals surface area (Å²) in [7, 11) is 0. The zero-order valence-corrected chi connectivity index (χ0v) is 10.0. The van der Waals surface area contributed by atoms with Gasteiger partial charge in [0.2, 0.25) is 0 Å². The van der Waals surface area contributed by atoms with Crippen molar-refractivity contribution >= 4 is 28.8 Å². The minimum atomic E-state index is -0.0684. The molecule has 0 spiro atoms. The predicted octanol–water partition coefficient (Wildman–Crippen LogP) is 3.33. The molecule has 0 saturated carbocycles. The van der Waals surface area contributed by atoms with Crippen LogP contribution in [0.3, 0.4) is 0 Å². The second-order valence-electron chi connectivity index (χ2n) is 3.29. The average Bonchev–Trinajstić information content (AvgIpc) is 2.81. The highest BCUT2D eigenvalue weighted by molar-refractivity contribution is 7.08. The third kappa shape index (κ3) is 2.62. The van der Waals surface area contributed by atoms with Crippen LogP contribution < -0.4 is 5.32 Å². The molecule has 0 saturated heterocycles. The zero-order chi connectivity index (χ0) is 11.4. The molecule has 2 nitrogen and oxygen atoms in total. The number of halogens is 1. The first-order valence-electron chi connectivity index (χ1n) is 4.81. The van der Waals surface area contributed by atoms with Crippen LogP contribution in [0.1, 0.15) is 15.9 Å². The molecule has 2 aromatic rings. The highest BCUT2D eigenvalue weighted by Crippen LogP contribution is 2.14. The smallest absolute Gasteiger partial charge is 0.252 e. The summed E-state index contributed by atoms with van der Waals surface area (Å²) < 4.78 is 0. The van der Waals surface area contributed by atoms with Crippen molar-refractivity contribution in [2.45, 2.75) is 6.54 Å². The van der Waals surface area contributed by atoms with Crippen LogP contribution in [0.4, 0.5) is 0 Å². The molecular weight excluding hydrogens is 242 g/mol. The van der Waals surface area contributed by atoms with E-state index in [1.54, 1.807) is 6.07 Å². The molecule has 82 valence electrons. The van der Waals surface area contributed by atoms with E-state index < -0.39 is 0 Å². The zero-order valence-electron chi connectivity index (χ0n) is 8.44. The molecule has 0 aliphatic carbocycles. The Morgan fingerprint density at radius 1 is 1.31 bits per heavy atom. The first-order chi connectivity index (χ1) is 7.77. The molecule has 0 atom stereocenters. The van der Waals surface area contributed by atoms with E-state index in [-0.39, 0.29) is 5.91 Å². The molecule has 1 heterocycles. The molecule has 0 unspecified atom stereocenters. The van der Waals surface area contributed by atoms with Gasteiger partial charge >= 0.3 is 0 Å². The van der Waals surface area contributed by atoms with Gasteiger partial charge in [0.15, 0.2) is 0 Å². The number of thiophene rings is 1. The number of nitrogens with one attached hydrogen (secondary N) is 1. The highest BCUT2D eigenvalue weighted by Gasteiger charge is 2.06. The molecular formula is C12H10ClNOS. The molecule has 2 rings (SSSR count). The van der Waals surface area contributed by atoms with E-state index in [1.165, 1.54) is 11.3 Å². The van der Waals surface area contributed by atoms with Crippen molar-refractivity contribution in [2.24, 2.45) is 0 Å². The second-order valence-corrected chi connectivity index (χ2v) is 4.47. The third-order valence-electron chi connectivity index (χ3n) is 2.18. The predicted molar refractivity (Wildman–Crippen MR) is 66.9 cm³/mol. The fourth-order valence-corrected chi connectivity index (χ4v) is 2.15. The highest BCUT2D eigenvalue weighted by atomic mass is 35.5. The standard InChI is InChI=1S/C12H10ClNOS/c13-11-4-2-1-3-9(11)7-14-12(15)10-5-6-16-8-10/h1-6,8H,7H2,(H,14,15). The van der Waals surface area contributed by atoms with Gasteiger partial charge in [-0.2, -0.15) is 11.3 Å². The lowest BCUT2D eigenvalue weighted by Crippen LogP contribution is -2.22. The first kappa shape index (κ1) is 11.2. The number of rotatable bonds is 3. The molecule has 0 bridgehead atoms. The maximum Gasteiger partial charge on any atom is 0.252 e. The van der Waals surface area contributed by atoms with Crippen LogP contribution in [0.5, 0.6) is 0 Å². The van der Waals surface area contributed by atoms with E-state index in [0.717, 1.165) is 5.56 Å². The lowest BCUT2D eigenvalue weighted by Gasteiger charge is -2.05.